The number of rotatable bonds is 4. The van der Waals surface area contributed by atoms with Crippen LogP contribution in [0.2, 0.25) is 0 Å². The van der Waals surface area contributed by atoms with E-state index in [0.29, 0.717) is 13.1 Å². The van der Waals surface area contributed by atoms with Gasteiger partial charge in [0.2, 0.25) is 10.0 Å². The number of aromatic nitrogens is 1. The van der Waals surface area contributed by atoms with Crippen LogP contribution in [0.25, 0.3) is 0 Å². The molecule has 1 aliphatic heterocycles. The zero-order chi connectivity index (χ0) is 19.8. The van der Waals surface area contributed by atoms with Gasteiger partial charge in [-0.2, -0.15) is 17.5 Å². The van der Waals surface area contributed by atoms with Crippen LogP contribution in [0, 0.1) is 0 Å². The molecule has 1 aromatic heterocycles. The normalized spacial score (nSPS) is 15.9. The van der Waals surface area contributed by atoms with Crippen molar-refractivity contribution < 1.29 is 26.4 Å². The van der Waals surface area contributed by atoms with Gasteiger partial charge in [-0.25, -0.2) is 8.42 Å². The third-order valence-electron chi connectivity index (χ3n) is 4.39. The number of sulfonamides is 1. The summed E-state index contributed by atoms with van der Waals surface area (Å²) in [5.41, 5.74) is -0.552. The molecule has 146 valence electrons. The monoisotopic (exact) mass is 401 g/mol. The number of hydrogen-bond acceptors (Lipinski definition) is 3. The van der Waals surface area contributed by atoms with E-state index in [-0.39, 0.29) is 16.3 Å². The highest BCUT2D eigenvalue weighted by Gasteiger charge is 2.31. The minimum absolute atomic E-state index is 0.0180. The zero-order valence-corrected chi connectivity index (χ0v) is 15.3. The highest BCUT2D eigenvalue weighted by molar-refractivity contribution is 7.89. The van der Waals surface area contributed by atoms with Gasteiger partial charge in [-0.3, -0.25) is 4.79 Å². The van der Waals surface area contributed by atoms with E-state index in [1.807, 2.05) is 0 Å². The average Bonchev–Trinajstić information content (AvgIpc) is 3.24. The van der Waals surface area contributed by atoms with Gasteiger partial charge in [0.1, 0.15) is 10.6 Å². The van der Waals surface area contributed by atoms with Crippen molar-refractivity contribution in [2.24, 2.45) is 7.05 Å². The number of amides is 1. The maximum absolute atomic E-state index is 12.6. The first-order valence-corrected chi connectivity index (χ1v) is 9.68. The third kappa shape index (κ3) is 4.01. The average molecular weight is 401 g/mol. The first kappa shape index (κ1) is 19.4. The summed E-state index contributed by atoms with van der Waals surface area (Å²) in [5, 5.41) is 2.48. The molecular weight excluding hydrogens is 383 g/mol. The summed E-state index contributed by atoms with van der Waals surface area (Å²) in [6.45, 7) is 0.897. The molecule has 0 saturated carbocycles. The molecule has 1 N–H and O–H groups in total. The van der Waals surface area contributed by atoms with E-state index in [2.05, 4.69) is 5.32 Å². The van der Waals surface area contributed by atoms with E-state index in [4.69, 9.17) is 0 Å². The third-order valence-corrected chi connectivity index (χ3v) is 6.25. The molecule has 0 bridgehead atoms. The van der Waals surface area contributed by atoms with Gasteiger partial charge in [0.25, 0.3) is 5.91 Å². The summed E-state index contributed by atoms with van der Waals surface area (Å²) in [5.74, 6) is -0.611. The Hall–Kier alpha value is -2.33. The fraction of sp³-hybridized carbons (Fsp3) is 0.353. The maximum atomic E-state index is 12.6. The molecule has 27 heavy (non-hydrogen) atoms. The Labute approximate surface area is 154 Å². The molecule has 0 aliphatic carbocycles. The van der Waals surface area contributed by atoms with Crippen LogP contribution < -0.4 is 5.32 Å². The Morgan fingerprint density at radius 1 is 1.11 bits per heavy atom. The molecule has 3 rings (SSSR count). The van der Waals surface area contributed by atoms with Crippen LogP contribution in [-0.2, 0) is 23.2 Å². The van der Waals surface area contributed by atoms with E-state index in [1.165, 1.54) is 28.2 Å². The number of halogens is 3. The highest BCUT2D eigenvalue weighted by Crippen LogP contribution is 2.30. The minimum atomic E-state index is -4.46. The molecule has 1 fully saturated rings. The SMILES string of the molecule is Cn1cc(S(=O)(=O)N2CCCC2)cc1C(=O)Nc1ccc(C(F)(F)F)cc1. The van der Waals surface area contributed by atoms with Crippen LogP contribution in [-0.4, -0.2) is 36.3 Å². The molecule has 0 atom stereocenters. The Kier molecular flexibility index (Phi) is 5.04. The van der Waals surface area contributed by atoms with Crippen molar-refractivity contribution in [2.75, 3.05) is 18.4 Å². The standard InChI is InChI=1S/C17H18F3N3O3S/c1-22-11-14(27(25,26)23-8-2-3-9-23)10-15(22)16(24)21-13-6-4-12(5-7-13)17(18,19)20/h4-7,10-11H,2-3,8-9H2,1H3,(H,21,24). The largest absolute Gasteiger partial charge is 0.416 e. The van der Waals surface area contributed by atoms with Crippen LogP contribution in [0.5, 0.6) is 0 Å². The summed E-state index contributed by atoms with van der Waals surface area (Å²) >= 11 is 0. The first-order chi connectivity index (χ1) is 12.6. The number of hydrogen-bond donors (Lipinski definition) is 1. The summed E-state index contributed by atoms with van der Waals surface area (Å²) in [6.07, 6.45) is -1.50. The van der Waals surface area contributed by atoms with E-state index in [0.717, 1.165) is 37.1 Å². The molecule has 1 aliphatic rings. The highest BCUT2D eigenvalue weighted by atomic mass is 32.2. The Morgan fingerprint density at radius 3 is 2.26 bits per heavy atom. The van der Waals surface area contributed by atoms with Gasteiger partial charge in [0.15, 0.2) is 0 Å². The summed E-state index contributed by atoms with van der Waals surface area (Å²) < 4.78 is 65.7. The molecule has 1 aromatic carbocycles. The van der Waals surface area contributed by atoms with E-state index in [9.17, 15) is 26.4 Å². The second-order valence-corrected chi connectivity index (χ2v) is 8.25. The lowest BCUT2D eigenvalue weighted by Gasteiger charge is -2.13. The summed E-state index contributed by atoms with van der Waals surface area (Å²) in [7, 11) is -2.13. The van der Waals surface area contributed by atoms with Gasteiger partial charge in [-0.15, -0.1) is 0 Å². The van der Waals surface area contributed by atoms with Crippen LogP contribution >= 0.6 is 0 Å². The summed E-state index contributed by atoms with van der Waals surface area (Å²) in [6, 6.07) is 5.29. The van der Waals surface area contributed by atoms with Gasteiger partial charge in [-0.05, 0) is 43.2 Å². The summed E-state index contributed by atoms with van der Waals surface area (Å²) in [4.78, 5) is 12.4. The fourth-order valence-electron chi connectivity index (χ4n) is 2.92. The predicted molar refractivity (Wildman–Crippen MR) is 92.8 cm³/mol. The number of benzene rings is 1. The van der Waals surface area contributed by atoms with Gasteiger partial charge in [-0.1, -0.05) is 0 Å². The van der Waals surface area contributed by atoms with Crippen molar-refractivity contribution in [2.45, 2.75) is 23.9 Å². The number of aryl methyl sites for hydroxylation is 1. The second-order valence-electron chi connectivity index (χ2n) is 6.31. The van der Waals surface area contributed by atoms with E-state index < -0.39 is 27.7 Å². The number of carbonyl (C=O) groups is 1. The molecule has 0 unspecified atom stereocenters. The van der Waals surface area contributed by atoms with Gasteiger partial charge < -0.3 is 9.88 Å². The number of carbonyl (C=O) groups excluding carboxylic acids is 1. The smallest absolute Gasteiger partial charge is 0.345 e. The second kappa shape index (κ2) is 7.01. The molecule has 0 spiro atoms. The topological polar surface area (TPSA) is 71.4 Å². The number of nitrogens with zero attached hydrogens (tertiary/aromatic N) is 2. The van der Waals surface area contributed by atoms with Crippen molar-refractivity contribution in [3.05, 3.63) is 47.8 Å². The first-order valence-electron chi connectivity index (χ1n) is 8.24. The quantitative estimate of drug-likeness (QED) is 0.856. The van der Waals surface area contributed by atoms with Crippen molar-refractivity contribution >= 4 is 21.6 Å². The number of anilines is 1. The molecule has 2 aromatic rings. The number of nitrogens with one attached hydrogen (secondary N) is 1. The maximum Gasteiger partial charge on any atom is 0.416 e. The molecule has 1 amide bonds. The lowest BCUT2D eigenvalue weighted by Crippen LogP contribution is -2.27. The Morgan fingerprint density at radius 2 is 1.70 bits per heavy atom. The molecule has 0 radical (unpaired) electrons. The van der Waals surface area contributed by atoms with Gasteiger partial charge in [0, 0.05) is 32.0 Å². The van der Waals surface area contributed by atoms with E-state index >= 15 is 0 Å². The van der Waals surface area contributed by atoms with Crippen molar-refractivity contribution in [1.82, 2.24) is 8.87 Å². The van der Waals surface area contributed by atoms with Crippen molar-refractivity contribution in [1.29, 1.82) is 0 Å². The van der Waals surface area contributed by atoms with Crippen LogP contribution in [0.15, 0.2) is 41.4 Å². The molecule has 10 heteroatoms. The number of alkyl halides is 3. The van der Waals surface area contributed by atoms with Crippen molar-refractivity contribution in [3.8, 4) is 0 Å². The molecule has 2 heterocycles. The molecule has 1 saturated heterocycles. The van der Waals surface area contributed by atoms with Crippen LogP contribution in [0.1, 0.15) is 28.9 Å². The Bertz CT molecular complexity index is 944. The predicted octanol–water partition coefficient (Wildman–Crippen LogP) is 3.08. The Balaban J connectivity index is 1.79. The van der Waals surface area contributed by atoms with Gasteiger partial charge >= 0.3 is 6.18 Å². The zero-order valence-electron chi connectivity index (χ0n) is 14.5. The van der Waals surface area contributed by atoms with Gasteiger partial charge in [0.05, 0.1) is 5.56 Å². The van der Waals surface area contributed by atoms with Crippen LogP contribution in [0.3, 0.4) is 0 Å². The lowest BCUT2D eigenvalue weighted by atomic mass is 10.2. The van der Waals surface area contributed by atoms with Crippen molar-refractivity contribution in [3.63, 3.8) is 0 Å². The molecule has 6 nitrogen and oxygen atoms in total. The van der Waals surface area contributed by atoms with E-state index in [1.54, 1.807) is 0 Å². The lowest BCUT2D eigenvalue weighted by molar-refractivity contribution is -0.137. The molecular formula is C17H18F3N3O3S. The fourth-order valence-corrected chi connectivity index (χ4v) is 4.51. The minimum Gasteiger partial charge on any atom is -0.345 e. The van der Waals surface area contributed by atoms with Crippen LogP contribution in [0.4, 0.5) is 18.9 Å².